The van der Waals surface area contributed by atoms with Gasteiger partial charge in [0.2, 0.25) is 0 Å². The van der Waals surface area contributed by atoms with Crippen molar-refractivity contribution in [3.05, 3.63) is 59.2 Å². The molecule has 156 valence electrons. The van der Waals surface area contributed by atoms with Gasteiger partial charge in [0.25, 0.3) is 0 Å². The fraction of sp³-hybridized carbons (Fsp3) is 0.316. The summed E-state index contributed by atoms with van der Waals surface area (Å²) in [6.07, 6.45) is -9.53. The van der Waals surface area contributed by atoms with E-state index in [-0.39, 0.29) is 37.7 Å². The second-order valence-electron chi connectivity index (χ2n) is 6.33. The zero-order chi connectivity index (χ0) is 21.2. The number of fused-ring (bicyclic) bond motifs is 1. The molecule has 1 heterocycles. The van der Waals surface area contributed by atoms with E-state index in [1.54, 1.807) is 23.1 Å². The molecular formula is C19H16F6N2OS. The van der Waals surface area contributed by atoms with Gasteiger partial charge in [-0.25, -0.2) is 4.98 Å². The van der Waals surface area contributed by atoms with E-state index in [4.69, 9.17) is 5.11 Å². The lowest BCUT2D eigenvalue weighted by atomic mass is 10.0. The van der Waals surface area contributed by atoms with Crippen molar-refractivity contribution in [1.82, 2.24) is 4.98 Å². The molecule has 10 heteroatoms. The van der Waals surface area contributed by atoms with Crippen LogP contribution in [0.1, 0.15) is 23.1 Å². The summed E-state index contributed by atoms with van der Waals surface area (Å²) in [5, 5.41) is 9.57. The van der Waals surface area contributed by atoms with E-state index in [1.807, 2.05) is 6.07 Å². The Morgan fingerprint density at radius 2 is 1.69 bits per heavy atom. The molecule has 0 saturated carbocycles. The Kier molecular flexibility index (Phi) is 6.04. The summed E-state index contributed by atoms with van der Waals surface area (Å²) in [6, 6.07) is 8.80. The lowest BCUT2D eigenvalue weighted by Gasteiger charge is -2.24. The topological polar surface area (TPSA) is 36.4 Å². The summed E-state index contributed by atoms with van der Waals surface area (Å²) < 4.78 is 79.8. The maximum absolute atomic E-state index is 13.4. The molecule has 0 unspecified atom stereocenters. The highest BCUT2D eigenvalue weighted by atomic mass is 32.1. The smallest absolute Gasteiger partial charge is 0.396 e. The van der Waals surface area contributed by atoms with Crippen LogP contribution in [-0.2, 0) is 18.9 Å². The number of aliphatic hydroxyl groups excluding tert-OH is 1. The van der Waals surface area contributed by atoms with Gasteiger partial charge in [0.15, 0.2) is 5.13 Å². The van der Waals surface area contributed by atoms with Crippen molar-refractivity contribution in [2.24, 2.45) is 0 Å². The minimum atomic E-state index is -4.94. The molecule has 2 aromatic carbocycles. The van der Waals surface area contributed by atoms with E-state index < -0.39 is 23.5 Å². The average molecular weight is 434 g/mol. The Morgan fingerprint density at radius 3 is 2.31 bits per heavy atom. The predicted molar refractivity (Wildman–Crippen MR) is 98.8 cm³/mol. The van der Waals surface area contributed by atoms with E-state index in [0.29, 0.717) is 16.7 Å². The van der Waals surface area contributed by atoms with Crippen LogP contribution in [0.2, 0.25) is 0 Å². The number of aliphatic hydroxyl groups is 1. The third-order valence-electron chi connectivity index (χ3n) is 4.24. The van der Waals surface area contributed by atoms with Crippen molar-refractivity contribution < 1.29 is 31.4 Å². The van der Waals surface area contributed by atoms with Crippen LogP contribution in [0.5, 0.6) is 0 Å². The van der Waals surface area contributed by atoms with Gasteiger partial charge >= 0.3 is 12.4 Å². The first-order chi connectivity index (χ1) is 13.6. The number of alkyl halides is 6. The van der Waals surface area contributed by atoms with Gasteiger partial charge in [-0.3, -0.25) is 0 Å². The number of thiazole rings is 1. The summed E-state index contributed by atoms with van der Waals surface area (Å²) in [6.45, 7) is -0.262. The number of rotatable bonds is 6. The van der Waals surface area contributed by atoms with E-state index in [0.717, 1.165) is 10.8 Å². The Balaban J connectivity index is 2.00. The molecule has 0 aliphatic carbocycles. The van der Waals surface area contributed by atoms with Crippen molar-refractivity contribution in [2.45, 2.75) is 25.3 Å². The Hall–Kier alpha value is -2.33. The normalized spacial score (nSPS) is 12.5. The first-order valence-electron chi connectivity index (χ1n) is 8.58. The Bertz CT molecular complexity index is 950. The molecule has 0 bridgehead atoms. The highest BCUT2D eigenvalue weighted by Gasteiger charge is 2.38. The second kappa shape index (κ2) is 8.19. The van der Waals surface area contributed by atoms with Crippen LogP contribution in [-0.4, -0.2) is 23.2 Å². The zero-order valence-corrected chi connectivity index (χ0v) is 15.7. The number of hydrogen-bond donors (Lipinski definition) is 1. The maximum atomic E-state index is 13.4. The van der Waals surface area contributed by atoms with Crippen molar-refractivity contribution in [2.75, 3.05) is 18.1 Å². The number of halogens is 6. The maximum Gasteiger partial charge on any atom is 0.416 e. The van der Waals surface area contributed by atoms with Crippen molar-refractivity contribution in [3.8, 4) is 0 Å². The zero-order valence-electron chi connectivity index (χ0n) is 14.9. The van der Waals surface area contributed by atoms with Crippen LogP contribution in [0.3, 0.4) is 0 Å². The molecule has 0 spiro atoms. The first-order valence-corrected chi connectivity index (χ1v) is 9.40. The van der Waals surface area contributed by atoms with Crippen molar-refractivity contribution >= 4 is 26.7 Å². The van der Waals surface area contributed by atoms with Gasteiger partial charge < -0.3 is 10.0 Å². The number of para-hydroxylation sites is 1. The quantitative estimate of drug-likeness (QED) is 0.504. The molecule has 1 N–H and O–H groups in total. The van der Waals surface area contributed by atoms with Crippen LogP contribution in [0.15, 0.2) is 42.5 Å². The van der Waals surface area contributed by atoms with Crippen LogP contribution in [0.25, 0.3) is 10.2 Å². The van der Waals surface area contributed by atoms with Crippen LogP contribution in [0.4, 0.5) is 31.5 Å². The Morgan fingerprint density at radius 1 is 0.966 bits per heavy atom. The van der Waals surface area contributed by atoms with Gasteiger partial charge in [-0.05, 0) is 36.2 Å². The molecule has 3 aromatic rings. The molecule has 0 fully saturated rings. The average Bonchev–Trinajstić information content (AvgIpc) is 3.07. The lowest BCUT2D eigenvalue weighted by Crippen LogP contribution is -2.26. The van der Waals surface area contributed by atoms with Gasteiger partial charge in [-0.15, -0.1) is 0 Å². The van der Waals surface area contributed by atoms with Gasteiger partial charge in [0, 0.05) is 19.7 Å². The minimum Gasteiger partial charge on any atom is -0.396 e. The second-order valence-corrected chi connectivity index (χ2v) is 7.34. The molecule has 0 atom stereocenters. The first kappa shape index (κ1) is 21.4. The van der Waals surface area contributed by atoms with Crippen LogP contribution < -0.4 is 4.90 Å². The summed E-state index contributed by atoms with van der Waals surface area (Å²) in [5.74, 6) is 0. The number of aromatic nitrogens is 1. The Labute approximate surface area is 166 Å². The van der Waals surface area contributed by atoms with Crippen LogP contribution in [0, 0.1) is 0 Å². The third-order valence-corrected chi connectivity index (χ3v) is 5.34. The molecule has 0 amide bonds. The molecule has 0 radical (unpaired) electrons. The highest BCUT2D eigenvalue weighted by Crippen LogP contribution is 2.38. The van der Waals surface area contributed by atoms with Gasteiger partial charge in [0.05, 0.1) is 21.3 Å². The monoisotopic (exact) mass is 434 g/mol. The molecule has 0 aliphatic rings. The third kappa shape index (κ3) is 4.99. The molecule has 29 heavy (non-hydrogen) atoms. The van der Waals surface area contributed by atoms with E-state index in [2.05, 4.69) is 4.98 Å². The van der Waals surface area contributed by atoms with E-state index in [9.17, 15) is 26.3 Å². The fourth-order valence-electron chi connectivity index (χ4n) is 2.86. The van der Waals surface area contributed by atoms with E-state index in [1.165, 1.54) is 11.3 Å². The lowest BCUT2D eigenvalue weighted by molar-refractivity contribution is -0.143. The number of hydrogen-bond acceptors (Lipinski definition) is 4. The van der Waals surface area contributed by atoms with Crippen molar-refractivity contribution in [1.29, 1.82) is 0 Å². The minimum absolute atomic E-state index is 0.137. The molecule has 3 nitrogen and oxygen atoms in total. The number of nitrogens with zero attached hydrogens (tertiary/aromatic N) is 2. The van der Waals surface area contributed by atoms with E-state index >= 15 is 0 Å². The highest BCUT2D eigenvalue weighted by molar-refractivity contribution is 7.22. The van der Waals surface area contributed by atoms with Crippen LogP contribution >= 0.6 is 11.3 Å². The molecular weight excluding hydrogens is 418 g/mol. The fourth-order valence-corrected chi connectivity index (χ4v) is 3.85. The standard InChI is InChI=1S/C19H16F6N2OS/c20-18(21,22)13-7-6-12(14(10-13)19(23,24)25)11-27(8-3-9-28)17-26-15-4-1-2-5-16(15)29-17/h1-2,4-7,10,28H,3,8-9,11H2. The molecule has 0 aliphatic heterocycles. The largest absolute Gasteiger partial charge is 0.416 e. The summed E-state index contributed by atoms with van der Waals surface area (Å²) in [5.41, 5.74) is -2.30. The predicted octanol–water partition coefficient (Wildman–Crippen LogP) is 5.72. The van der Waals surface area contributed by atoms with Gasteiger partial charge in [-0.2, -0.15) is 26.3 Å². The molecule has 3 rings (SSSR count). The number of anilines is 1. The number of benzene rings is 2. The molecule has 0 saturated heterocycles. The summed E-state index contributed by atoms with van der Waals surface area (Å²) >= 11 is 1.27. The molecule has 1 aromatic heterocycles. The SMILES string of the molecule is OCCCN(Cc1ccc(C(F)(F)F)cc1C(F)(F)F)c1nc2ccccc2s1. The van der Waals surface area contributed by atoms with Gasteiger partial charge in [-0.1, -0.05) is 29.5 Å². The van der Waals surface area contributed by atoms with Crippen molar-refractivity contribution in [3.63, 3.8) is 0 Å². The van der Waals surface area contributed by atoms with Gasteiger partial charge in [0.1, 0.15) is 0 Å². The summed E-state index contributed by atoms with van der Waals surface area (Å²) in [7, 11) is 0. The summed E-state index contributed by atoms with van der Waals surface area (Å²) in [4.78, 5) is 5.95.